The minimum Gasteiger partial charge on any atom is -0.270 e. The highest BCUT2D eigenvalue weighted by atomic mass is 35.5. The van der Waals surface area contributed by atoms with Gasteiger partial charge in [0.2, 0.25) is 0 Å². The second-order valence-electron chi connectivity index (χ2n) is 8.06. The smallest absolute Gasteiger partial charge is 0.270 e. The lowest BCUT2D eigenvalue weighted by atomic mass is 9.97. The number of carbonyl (C=O) groups is 2. The quantitative estimate of drug-likeness (QED) is 0.292. The topological polar surface area (TPSA) is 50.3 Å². The van der Waals surface area contributed by atoms with Gasteiger partial charge < -0.3 is 0 Å². The summed E-state index contributed by atoms with van der Waals surface area (Å²) in [4.78, 5) is 31.3. The number of pyridine rings is 1. The fraction of sp³-hybridized carbons (Fsp3) is 0.0741. The summed E-state index contributed by atoms with van der Waals surface area (Å²) < 4.78 is 39.3. The van der Waals surface area contributed by atoms with Gasteiger partial charge >= 0.3 is 6.18 Å². The molecule has 4 nitrogen and oxygen atoms in total. The Bertz CT molecular complexity index is 1410. The largest absolute Gasteiger partial charge is 0.416 e. The minimum absolute atomic E-state index is 0.0200. The molecule has 8 heteroatoms. The van der Waals surface area contributed by atoms with E-state index in [0.29, 0.717) is 38.5 Å². The molecule has 2 heterocycles. The molecule has 0 radical (unpaired) electrons. The monoisotopic (exact) mass is 492 g/mol. The van der Waals surface area contributed by atoms with Gasteiger partial charge in [0.25, 0.3) is 11.8 Å². The lowest BCUT2D eigenvalue weighted by Gasteiger charge is -2.17. The summed E-state index contributed by atoms with van der Waals surface area (Å²) in [6, 6.07) is 20.0. The zero-order valence-electron chi connectivity index (χ0n) is 18.0. The Hall–Kier alpha value is -3.97. The second-order valence-corrected chi connectivity index (χ2v) is 8.50. The average Bonchev–Trinajstić information content (AvgIpc) is 3.09. The van der Waals surface area contributed by atoms with Gasteiger partial charge in [-0.05, 0) is 53.6 Å². The van der Waals surface area contributed by atoms with Crippen LogP contribution in [0.3, 0.4) is 0 Å². The maximum atomic E-state index is 13.1. The van der Waals surface area contributed by atoms with E-state index in [1.807, 2.05) is 0 Å². The molecule has 0 aliphatic carbocycles. The van der Waals surface area contributed by atoms with E-state index in [4.69, 9.17) is 11.6 Å². The van der Waals surface area contributed by atoms with Crippen LogP contribution in [0.2, 0.25) is 5.02 Å². The van der Waals surface area contributed by atoms with Crippen LogP contribution in [0.4, 0.5) is 13.2 Å². The third-order valence-corrected chi connectivity index (χ3v) is 6.06. The molecule has 0 atom stereocenters. The van der Waals surface area contributed by atoms with Gasteiger partial charge in [0, 0.05) is 22.3 Å². The molecule has 0 saturated heterocycles. The molecule has 1 aromatic heterocycles. The van der Waals surface area contributed by atoms with E-state index in [1.165, 1.54) is 12.1 Å². The fourth-order valence-corrected chi connectivity index (χ4v) is 4.18. The number of hydrogen-bond acceptors (Lipinski definition) is 3. The predicted octanol–water partition coefficient (Wildman–Crippen LogP) is 6.88. The molecule has 0 fully saturated rings. The Balaban J connectivity index is 1.55. The highest BCUT2D eigenvalue weighted by molar-refractivity contribution is 6.30. The third-order valence-electron chi connectivity index (χ3n) is 5.80. The number of carbonyl (C=O) groups excluding carboxylic acids is 2. The number of halogens is 4. The first-order valence-corrected chi connectivity index (χ1v) is 11.0. The summed E-state index contributed by atoms with van der Waals surface area (Å²) in [6.07, 6.45) is -2.90. The van der Waals surface area contributed by atoms with Crippen LogP contribution in [0, 0.1) is 0 Å². The molecule has 1 aliphatic heterocycles. The van der Waals surface area contributed by atoms with Gasteiger partial charge in [0.05, 0.1) is 28.9 Å². The maximum Gasteiger partial charge on any atom is 0.416 e. The molecule has 0 bridgehead atoms. The average molecular weight is 493 g/mol. The Labute approximate surface area is 203 Å². The van der Waals surface area contributed by atoms with E-state index in [1.54, 1.807) is 60.8 Å². The van der Waals surface area contributed by atoms with Crippen molar-refractivity contribution in [3.63, 3.8) is 0 Å². The molecule has 174 valence electrons. The van der Waals surface area contributed by atoms with Gasteiger partial charge in [-0.1, -0.05) is 48.0 Å². The zero-order chi connectivity index (χ0) is 24.7. The standard InChI is InChI=1S/C27H16ClF3N2O2/c28-20-11-7-18(8-12-20)24-23(17-5-9-19(10-6-17)27(29,30)31)13-16(14-32-24)15-33-25(34)21-3-1-2-4-22(21)26(33)35/h1-14H,15H2. The molecule has 35 heavy (non-hydrogen) atoms. The number of fused-ring (bicyclic) bond motifs is 1. The maximum absolute atomic E-state index is 13.1. The summed E-state index contributed by atoms with van der Waals surface area (Å²) >= 11 is 6.01. The normalized spacial score (nSPS) is 13.3. The van der Waals surface area contributed by atoms with E-state index in [-0.39, 0.29) is 6.54 Å². The Morgan fingerprint density at radius 2 is 1.34 bits per heavy atom. The van der Waals surface area contributed by atoms with Crippen LogP contribution in [0.1, 0.15) is 31.8 Å². The molecule has 0 unspecified atom stereocenters. The van der Waals surface area contributed by atoms with Gasteiger partial charge in [-0.25, -0.2) is 0 Å². The highest BCUT2D eigenvalue weighted by Crippen LogP contribution is 2.35. The van der Waals surface area contributed by atoms with Crippen LogP contribution in [0.5, 0.6) is 0 Å². The van der Waals surface area contributed by atoms with Crippen molar-refractivity contribution in [2.45, 2.75) is 12.7 Å². The van der Waals surface area contributed by atoms with Crippen molar-refractivity contribution in [3.05, 3.63) is 112 Å². The first kappa shape index (κ1) is 22.8. The van der Waals surface area contributed by atoms with Crippen LogP contribution >= 0.6 is 11.6 Å². The summed E-state index contributed by atoms with van der Waals surface area (Å²) in [5.74, 6) is -0.799. The lowest BCUT2D eigenvalue weighted by molar-refractivity contribution is -0.137. The predicted molar refractivity (Wildman–Crippen MR) is 126 cm³/mol. The molecule has 1 aliphatic rings. The number of imide groups is 1. The Kier molecular flexibility index (Phi) is 5.65. The number of amides is 2. The number of aromatic nitrogens is 1. The van der Waals surface area contributed by atoms with Gasteiger partial charge in [0.15, 0.2) is 0 Å². The second kappa shape index (κ2) is 8.67. The summed E-state index contributed by atoms with van der Waals surface area (Å²) in [5.41, 5.74) is 2.81. The van der Waals surface area contributed by atoms with Crippen molar-refractivity contribution in [3.8, 4) is 22.4 Å². The summed E-state index contributed by atoms with van der Waals surface area (Å²) in [6.45, 7) is -0.0200. The highest BCUT2D eigenvalue weighted by Gasteiger charge is 2.35. The SMILES string of the molecule is O=C1c2ccccc2C(=O)N1Cc1cnc(-c2ccc(Cl)cc2)c(-c2ccc(C(F)(F)F)cc2)c1. The van der Waals surface area contributed by atoms with Crippen LogP contribution in [-0.2, 0) is 12.7 Å². The molecule has 4 aromatic rings. The van der Waals surface area contributed by atoms with Gasteiger partial charge in [-0.15, -0.1) is 0 Å². The van der Waals surface area contributed by atoms with Crippen LogP contribution < -0.4 is 0 Å². The molecule has 5 rings (SSSR count). The minimum atomic E-state index is -4.46. The van der Waals surface area contributed by atoms with Gasteiger partial charge in [-0.3, -0.25) is 19.5 Å². The van der Waals surface area contributed by atoms with E-state index in [2.05, 4.69) is 4.98 Å². The van der Waals surface area contributed by atoms with E-state index in [9.17, 15) is 22.8 Å². The van der Waals surface area contributed by atoms with Crippen molar-refractivity contribution >= 4 is 23.4 Å². The molecule has 0 spiro atoms. The van der Waals surface area contributed by atoms with Crippen LogP contribution in [0.25, 0.3) is 22.4 Å². The van der Waals surface area contributed by atoms with Crippen molar-refractivity contribution in [1.29, 1.82) is 0 Å². The van der Waals surface area contributed by atoms with Crippen LogP contribution in [0.15, 0.2) is 85.1 Å². The molecule has 2 amide bonds. The number of alkyl halides is 3. The van der Waals surface area contributed by atoms with E-state index in [0.717, 1.165) is 22.6 Å². The Morgan fingerprint density at radius 3 is 1.91 bits per heavy atom. The number of hydrogen-bond donors (Lipinski definition) is 0. The first-order valence-electron chi connectivity index (χ1n) is 10.6. The molecule has 0 N–H and O–H groups in total. The molecule has 0 saturated carbocycles. The van der Waals surface area contributed by atoms with E-state index >= 15 is 0 Å². The van der Waals surface area contributed by atoms with Gasteiger partial charge in [-0.2, -0.15) is 13.2 Å². The van der Waals surface area contributed by atoms with E-state index < -0.39 is 23.6 Å². The molecule has 3 aromatic carbocycles. The number of benzene rings is 3. The first-order chi connectivity index (χ1) is 16.7. The molecular formula is C27H16ClF3N2O2. The van der Waals surface area contributed by atoms with Crippen molar-refractivity contribution in [2.75, 3.05) is 0 Å². The van der Waals surface area contributed by atoms with Crippen molar-refractivity contribution in [2.24, 2.45) is 0 Å². The summed E-state index contributed by atoms with van der Waals surface area (Å²) in [7, 11) is 0. The van der Waals surface area contributed by atoms with Crippen molar-refractivity contribution < 1.29 is 22.8 Å². The third kappa shape index (κ3) is 4.31. The summed E-state index contributed by atoms with van der Waals surface area (Å²) in [5, 5.41) is 0.534. The fourth-order valence-electron chi connectivity index (χ4n) is 4.06. The zero-order valence-corrected chi connectivity index (χ0v) is 18.8. The number of rotatable bonds is 4. The van der Waals surface area contributed by atoms with Crippen LogP contribution in [-0.4, -0.2) is 21.7 Å². The van der Waals surface area contributed by atoms with Gasteiger partial charge in [0.1, 0.15) is 0 Å². The lowest BCUT2D eigenvalue weighted by Crippen LogP contribution is -2.29. The Morgan fingerprint density at radius 1 is 0.771 bits per heavy atom. The number of nitrogens with zero attached hydrogens (tertiary/aromatic N) is 2. The van der Waals surface area contributed by atoms with Crippen molar-refractivity contribution in [1.82, 2.24) is 9.88 Å². The molecular weight excluding hydrogens is 477 g/mol.